The van der Waals surface area contributed by atoms with Crippen LogP contribution in [-0.4, -0.2) is 59.7 Å². The van der Waals surface area contributed by atoms with Crippen molar-refractivity contribution in [2.75, 3.05) is 26.3 Å². The molecule has 9 heteroatoms. The molecule has 1 aliphatic rings. The number of amides is 1. The van der Waals surface area contributed by atoms with Gasteiger partial charge in [-0.1, -0.05) is 42.5 Å². The van der Waals surface area contributed by atoms with Crippen LogP contribution in [0.2, 0.25) is 0 Å². The Morgan fingerprint density at radius 3 is 2.45 bits per heavy atom. The van der Waals surface area contributed by atoms with E-state index in [1.54, 1.807) is 24.3 Å². The summed E-state index contributed by atoms with van der Waals surface area (Å²) in [6, 6.07) is 20.1. The van der Waals surface area contributed by atoms with Crippen LogP contribution < -0.4 is 4.74 Å². The number of carbonyl (C=O) groups is 1. The van der Waals surface area contributed by atoms with Gasteiger partial charge in [-0.05, 0) is 41.5 Å². The third kappa shape index (κ3) is 7.50. The largest absolute Gasteiger partial charge is 0.494 e. The maximum atomic E-state index is 14.1. The van der Waals surface area contributed by atoms with Crippen LogP contribution in [-0.2, 0) is 22.7 Å². The number of hydrogen-bond donors (Lipinski definition) is 2. The number of rotatable bonds is 11. The molecule has 38 heavy (non-hydrogen) atoms. The molecule has 0 radical (unpaired) electrons. The molecule has 1 amide bonds. The molecule has 0 spiro atoms. The van der Waals surface area contributed by atoms with Crippen molar-refractivity contribution < 1.29 is 38.0 Å². The standard InChI is InChI=1S/C29H31F2NO6/c30-23-9-12-25(31)22(15-23)19-38-27-17-32(29(34)35)16-26(33)28(27)21-7-10-24(11-8-21)37-14-4-13-36-18-20-5-2-1-3-6-20/h1-3,5-12,15,26-28,33H,4,13-14,16-19H2,(H,34,35). The molecule has 4 rings (SSSR count). The Balaban J connectivity index is 1.33. The van der Waals surface area contributed by atoms with Gasteiger partial charge in [0.05, 0.1) is 51.7 Å². The molecule has 202 valence electrons. The van der Waals surface area contributed by atoms with Crippen LogP contribution in [0, 0.1) is 11.6 Å². The first kappa shape index (κ1) is 27.5. The number of hydrogen-bond acceptors (Lipinski definition) is 5. The zero-order valence-corrected chi connectivity index (χ0v) is 20.8. The van der Waals surface area contributed by atoms with Crippen LogP contribution in [0.5, 0.6) is 5.75 Å². The number of likely N-dealkylation sites (tertiary alicyclic amines) is 1. The van der Waals surface area contributed by atoms with Crippen LogP contribution in [0.25, 0.3) is 0 Å². The number of piperidine rings is 1. The smallest absolute Gasteiger partial charge is 0.407 e. The van der Waals surface area contributed by atoms with E-state index in [0.717, 1.165) is 34.2 Å². The van der Waals surface area contributed by atoms with Gasteiger partial charge in [0.1, 0.15) is 17.4 Å². The van der Waals surface area contributed by atoms with E-state index < -0.39 is 35.9 Å². The Bertz CT molecular complexity index is 1180. The van der Waals surface area contributed by atoms with E-state index in [4.69, 9.17) is 14.2 Å². The number of aliphatic hydroxyl groups is 1. The van der Waals surface area contributed by atoms with Gasteiger partial charge in [0.25, 0.3) is 0 Å². The van der Waals surface area contributed by atoms with Crippen molar-refractivity contribution >= 4 is 6.09 Å². The maximum Gasteiger partial charge on any atom is 0.407 e. The molecule has 1 heterocycles. The summed E-state index contributed by atoms with van der Waals surface area (Å²) in [6.45, 7) is 1.21. The van der Waals surface area contributed by atoms with Crippen molar-refractivity contribution in [3.8, 4) is 5.75 Å². The summed E-state index contributed by atoms with van der Waals surface area (Å²) in [5.74, 6) is -1.15. The highest BCUT2D eigenvalue weighted by Crippen LogP contribution is 2.33. The lowest BCUT2D eigenvalue weighted by Gasteiger charge is -2.40. The molecule has 1 fully saturated rings. The van der Waals surface area contributed by atoms with Gasteiger partial charge < -0.3 is 29.3 Å². The minimum Gasteiger partial charge on any atom is -0.494 e. The minimum atomic E-state index is -1.19. The number of nitrogens with zero attached hydrogens (tertiary/aromatic N) is 1. The lowest BCUT2D eigenvalue weighted by Crippen LogP contribution is -2.53. The van der Waals surface area contributed by atoms with Gasteiger partial charge in [-0.2, -0.15) is 0 Å². The quantitative estimate of drug-likeness (QED) is 0.342. The van der Waals surface area contributed by atoms with E-state index >= 15 is 0 Å². The van der Waals surface area contributed by atoms with E-state index in [1.165, 1.54) is 0 Å². The summed E-state index contributed by atoms with van der Waals surface area (Å²) < 4.78 is 45.0. The number of ether oxygens (including phenoxy) is 3. The summed E-state index contributed by atoms with van der Waals surface area (Å²) in [4.78, 5) is 12.6. The van der Waals surface area contributed by atoms with E-state index in [2.05, 4.69) is 0 Å². The van der Waals surface area contributed by atoms with E-state index in [9.17, 15) is 23.8 Å². The highest BCUT2D eigenvalue weighted by Gasteiger charge is 2.39. The fourth-order valence-corrected chi connectivity index (χ4v) is 4.49. The third-order valence-corrected chi connectivity index (χ3v) is 6.43. The van der Waals surface area contributed by atoms with Gasteiger partial charge in [0.2, 0.25) is 0 Å². The Labute approximate surface area is 220 Å². The predicted molar refractivity (Wildman–Crippen MR) is 136 cm³/mol. The minimum absolute atomic E-state index is 0.0159. The summed E-state index contributed by atoms with van der Waals surface area (Å²) in [7, 11) is 0. The summed E-state index contributed by atoms with van der Waals surface area (Å²) in [6.07, 6.45) is -2.29. The van der Waals surface area contributed by atoms with Crippen molar-refractivity contribution in [2.24, 2.45) is 0 Å². The first-order valence-electron chi connectivity index (χ1n) is 12.5. The molecule has 0 bridgehead atoms. The van der Waals surface area contributed by atoms with Gasteiger partial charge in [0, 0.05) is 17.9 Å². The number of benzene rings is 3. The lowest BCUT2D eigenvalue weighted by molar-refractivity contribution is -0.0665. The third-order valence-electron chi connectivity index (χ3n) is 6.43. The molecular formula is C29H31F2NO6. The second kappa shape index (κ2) is 13.3. The molecule has 0 aromatic heterocycles. The Morgan fingerprint density at radius 1 is 0.947 bits per heavy atom. The molecule has 3 atom stereocenters. The number of halogens is 2. The highest BCUT2D eigenvalue weighted by atomic mass is 19.1. The molecule has 3 aromatic carbocycles. The van der Waals surface area contributed by atoms with Gasteiger partial charge >= 0.3 is 6.09 Å². The molecule has 3 aromatic rings. The zero-order chi connectivity index (χ0) is 26.9. The molecule has 0 saturated carbocycles. The van der Waals surface area contributed by atoms with Crippen LogP contribution in [0.15, 0.2) is 72.8 Å². The molecule has 3 unspecified atom stereocenters. The zero-order valence-electron chi connectivity index (χ0n) is 20.8. The van der Waals surface area contributed by atoms with Crippen LogP contribution in [0.4, 0.5) is 13.6 Å². The summed E-state index contributed by atoms with van der Waals surface area (Å²) in [5, 5.41) is 20.3. The fraction of sp³-hybridized carbons (Fsp3) is 0.345. The summed E-state index contributed by atoms with van der Waals surface area (Å²) in [5.41, 5.74) is 1.86. The predicted octanol–water partition coefficient (Wildman–Crippen LogP) is 4.97. The SMILES string of the molecule is O=C(O)N1CC(O)C(c2ccc(OCCCOCc3ccccc3)cc2)C(OCc2cc(F)ccc2F)C1. The Hall–Kier alpha value is -3.53. The van der Waals surface area contributed by atoms with Crippen molar-refractivity contribution in [1.29, 1.82) is 0 Å². The first-order chi connectivity index (χ1) is 18.4. The number of β-amino-alcohol motifs (C(OH)–C–C–N with tert-alkyl or cyclic N) is 1. The van der Waals surface area contributed by atoms with Gasteiger partial charge in [-0.3, -0.25) is 0 Å². The average molecular weight is 528 g/mol. The fourth-order valence-electron chi connectivity index (χ4n) is 4.49. The van der Waals surface area contributed by atoms with E-state index in [-0.39, 0.29) is 25.3 Å². The van der Waals surface area contributed by atoms with Crippen LogP contribution in [0.1, 0.15) is 29.0 Å². The Kier molecular flexibility index (Phi) is 9.64. The molecule has 1 saturated heterocycles. The van der Waals surface area contributed by atoms with Crippen molar-refractivity contribution in [2.45, 2.75) is 37.8 Å². The van der Waals surface area contributed by atoms with E-state index in [1.807, 2.05) is 30.3 Å². The number of aliphatic hydroxyl groups excluding tert-OH is 1. The molecular weight excluding hydrogens is 496 g/mol. The van der Waals surface area contributed by atoms with Gasteiger partial charge in [-0.15, -0.1) is 0 Å². The van der Waals surface area contributed by atoms with Crippen LogP contribution in [0.3, 0.4) is 0 Å². The summed E-state index contributed by atoms with van der Waals surface area (Å²) >= 11 is 0. The number of carboxylic acid groups (broad SMARTS) is 1. The highest BCUT2D eigenvalue weighted by molar-refractivity contribution is 5.65. The average Bonchev–Trinajstić information content (AvgIpc) is 2.92. The first-order valence-corrected chi connectivity index (χ1v) is 12.5. The topological polar surface area (TPSA) is 88.5 Å². The Morgan fingerprint density at radius 2 is 1.71 bits per heavy atom. The van der Waals surface area contributed by atoms with Crippen molar-refractivity contribution in [1.82, 2.24) is 4.90 Å². The lowest BCUT2D eigenvalue weighted by atomic mass is 9.84. The van der Waals surface area contributed by atoms with Gasteiger partial charge in [0.15, 0.2) is 0 Å². The monoisotopic (exact) mass is 527 g/mol. The van der Waals surface area contributed by atoms with Crippen molar-refractivity contribution in [3.63, 3.8) is 0 Å². The molecule has 7 nitrogen and oxygen atoms in total. The molecule has 0 aliphatic carbocycles. The molecule has 2 N–H and O–H groups in total. The second-order valence-corrected chi connectivity index (χ2v) is 9.18. The molecule has 1 aliphatic heterocycles. The maximum absolute atomic E-state index is 14.1. The second-order valence-electron chi connectivity index (χ2n) is 9.18. The van der Waals surface area contributed by atoms with Crippen molar-refractivity contribution in [3.05, 3.63) is 101 Å². The van der Waals surface area contributed by atoms with Gasteiger partial charge in [-0.25, -0.2) is 13.6 Å². The normalized spacial score (nSPS) is 19.3. The van der Waals surface area contributed by atoms with Crippen LogP contribution >= 0.6 is 0 Å². The van der Waals surface area contributed by atoms with E-state index in [0.29, 0.717) is 32.0 Å².